The second-order valence-electron chi connectivity index (χ2n) is 3.64. The average Bonchev–Trinajstić information content (AvgIpc) is 2.52. The van der Waals surface area contributed by atoms with Crippen LogP contribution in [0.1, 0.15) is 11.1 Å². The number of hydrogen-bond acceptors (Lipinski definition) is 2. The number of halogens is 2. The molecular weight excluding hydrogens is 229 g/mol. The number of aromatic nitrogens is 2. The molecule has 2 aromatic rings. The van der Waals surface area contributed by atoms with Gasteiger partial charge in [0.25, 0.3) is 0 Å². The monoisotopic (exact) mass is 239 g/mol. The molecule has 3 nitrogen and oxygen atoms in total. The Hall–Kier alpha value is -1.55. The average molecular weight is 240 g/mol. The smallest absolute Gasteiger partial charge is 0.148 e. The van der Waals surface area contributed by atoms with Crippen LogP contribution in [0.3, 0.4) is 0 Å². The van der Waals surface area contributed by atoms with Gasteiger partial charge in [0.1, 0.15) is 11.6 Å². The highest BCUT2D eigenvalue weighted by Crippen LogP contribution is 2.16. The van der Waals surface area contributed by atoms with Gasteiger partial charge < -0.3 is 5.73 Å². The molecule has 0 aliphatic rings. The van der Waals surface area contributed by atoms with Crippen LogP contribution < -0.4 is 5.73 Å². The van der Waals surface area contributed by atoms with Crippen LogP contribution in [0.5, 0.6) is 0 Å². The summed E-state index contributed by atoms with van der Waals surface area (Å²) in [7, 11) is 0. The molecular formula is C11H11ClFN3. The van der Waals surface area contributed by atoms with E-state index in [2.05, 4.69) is 5.10 Å². The van der Waals surface area contributed by atoms with Crippen molar-refractivity contribution in [3.8, 4) is 0 Å². The minimum Gasteiger partial charge on any atom is -0.382 e. The number of nitrogens with zero attached hydrogens (tertiary/aromatic N) is 2. The summed E-state index contributed by atoms with van der Waals surface area (Å²) in [5.74, 6) is 0.0745. The maximum atomic E-state index is 13.2. The molecule has 1 heterocycles. The number of aryl methyl sites for hydroxylation is 1. The van der Waals surface area contributed by atoms with Crippen molar-refractivity contribution >= 4 is 17.4 Å². The van der Waals surface area contributed by atoms with Gasteiger partial charge in [-0.3, -0.25) is 4.68 Å². The Morgan fingerprint density at radius 2 is 2.25 bits per heavy atom. The van der Waals surface area contributed by atoms with Crippen molar-refractivity contribution in [2.24, 2.45) is 0 Å². The number of anilines is 1. The molecule has 1 aromatic carbocycles. The van der Waals surface area contributed by atoms with Crippen LogP contribution in [0, 0.1) is 12.7 Å². The molecule has 0 fully saturated rings. The van der Waals surface area contributed by atoms with Crippen molar-refractivity contribution in [3.63, 3.8) is 0 Å². The molecule has 5 heteroatoms. The number of benzene rings is 1. The minimum atomic E-state index is -0.420. The Kier molecular flexibility index (Phi) is 2.83. The van der Waals surface area contributed by atoms with Gasteiger partial charge in [0.15, 0.2) is 0 Å². The van der Waals surface area contributed by atoms with Crippen molar-refractivity contribution in [2.75, 3.05) is 5.73 Å². The lowest BCUT2D eigenvalue weighted by Gasteiger charge is -2.02. The Morgan fingerprint density at radius 3 is 2.81 bits per heavy atom. The SMILES string of the molecule is Cc1cn(Cc2ccc(Cl)c(F)c2)nc1N. The van der Waals surface area contributed by atoms with E-state index in [4.69, 9.17) is 17.3 Å². The fourth-order valence-corrected chi connectivity index (χ4v) is 1.56. The summed E-state index contributed by atoms with van der Waals surface area (Å²) in [6, 6.07) is 4.69. The van der Waals surface area contributed by atoms with Crippen molar-refractivity contribution in [2.45, 2.75) is 13.5 Å². The lowest BCUT2D eigenvalue weighted by Crippen LogP contribution is -2.01. The van der Waals surface area contributed by atoms with Crippen LogP contribution in [0.25, 0.3) is 0 Å². The zero-order valence-corrected chi connectivity index (χ0v) is 9.50. The maximum absolute atomic E-state index is 13.2. The standard InChI is InChI=1S/C11H11ClFN3/c1-7-5-16(15-11(7)14)6-8-2-3-9(12)10(13)4-8/h2-5H,6H2,1H3,(H2,14,15). The van der Waals surface area contributed by atoms with Gasteiger partial charge in [-0.25, -0.2) is 4.39 Å². The lowest BCUT2D eigenvalue weighted by atomic mass is 10.2. The van der Waals surface area contributed by atoms with Crippen LogP contribution in [-0.4, -0.2) is 9.78 Å². The second-order valence-corrected chi connectivity index (χ2v) is 4.05. The Labute approximate surface area is 97.6 Å². The molecule has 0 aliphatic carbocycles. The van der Waals surface area contributed by atoms with Crippen LogP contribution in [0.15, 0.2) is 24.4 Å². The molecule has 0 spiro atoms. The number of hydrogen-bond donors (Lipinski definition) is 1. The molecule has 2 N–H and O–H groups in total. The molecule has 0 unspecified atom stereocenters. The van der Waals surface area contributed by atoms with Crippen LogP contribution >= 0.6 is 11.6 Å². The van der Waals surface area contributed by atoms with Gasteiger partial charge in [-0.2, -0.15) is 5.10 Å². The van der Waals surface area contributed by atoms with Crippen molar-refractivity contribution < 1.29 is 4.39 Å². The van der Waals surface area contributed by atoms with Gasteiger partial charge in [0, 0.05) is 11.8 Å². The van der Waals surface area contributed by atoms with E-state index in [-0.39, 0.29) is 5.02 Å². The van der Waals surface area contributed by atoms with E-state index >= 15 is 0 Å². The zero-order chi connectivity index (χ0) is 11.7. The summed E-state index contributed by atoms with van der Waals surface area (Å²) in [5, 5.41) is 4.22. The highest BCUT2D eigenvalue weighted by molar-refractivity contribution is 6.30. The first-order chi connectivity index (χ1) is 7.56. The first-order valence-corrected chi connectivity index (χ1v) is 5.17. The normalized spacial score (nSPS) is 10.7. The van der Waals surface area contributed by atoms with Gasteiger partial charge >= 0.3 is 0 Å². The van der Waals surface area contributed by atoms with Crippen LogP contribution in [0.2, 0.25) is 5.02 Å². The van der Waals surface area contributed by atoms with Gasteiger partial charge in [0.2, 0.25) is 0 Å². The quantitative estimate of drug-likeness (QED) is 0.876. The topological polar surface area (TPSA) is 43.8 Å². The minimum absolute atomic E-state index is 0.125. The molecule has 0 bridgehead atoms. The van der Waals surface area contributed by atoms with Crippen LogP contribution in [0.4, 0.5) is 10.2 Å². The summed E-state index contributed by atoms with van der Waals surface area (Å²) < 4.78 is 14.9. The third-order valence-corrected chi connectivity index (χ3v) is 2.62. The van der Waals surface area contributed by atoms with E-state index in [0.29, 0.717) is 12.4 Å². The summed E-state index contributed by atoms with van der Waals surface area (Å²) in [6.07, 6.45) is 1.82. The number of nitrogen functional groups attached to an aromatic ring is 1. The fourth-order valence-electron chi connectivity index (χ4n) is 1.44. The Bertz CT molecular complexity index is 502. The van der Waals surface area contributed by atoms with Gasteiger partial charge in [0.05, 0.1) is 11.6 Å². The first-order valence-electron chi connectivity index (χ1n) is 4.79. The van der Waals surface area contributed by atoms with Crippen molar-refractivity contribution in [3.05, 3.63) is 46.4 Å². The van der Waals surface area contributed by atoms with Gasteiger partial charge in [-0.15, -0.1) is 0 Å². The Morgan fingerprint density at radius 1 is 1.50 bits per heavy atom. The Balaban J connectivity index is 2.23. The third-order valence-electron chi connectivity index (χ3n) is 2.31. The number of nitrogens with two attached hydrogens (primary N) is 1. The molecule has 16 heavy (non-hydrogen) atoms. The second kappa shape index (κ2) is 4.14. The lowest BCUT2D eigenvalue weighted by molar-refractivity contribution is 0.620. The molecule has 0 saturated carbocycles. The molecule has 2 rings (SSSR count). The summed E-state index contributed by atoms with van der Waals surface area (Å²) in [5.41, 5.74) is 7.33. The first kappa shape index (κ1) is 11.0. The van der Waals surface area contributed by atoms with E-state index in [1.165, 1.54) is 12.1 Å². The predicted molar refractivity (Wildman–Crippen MR) is 61.9 cm³/mol. The van der Waals surface area contributed by atoms with Crippen molar-refractivity contribution in [1.29, 1.82) is 0 Å². The highest BCUT2D eigenvalue weighted by Gasteiger charge is 2.04. The molecule has 1 aromatic heterocycles. The molecule has 0 saturated heterocycles. The van der Waals surface area contributed by atoms with Gasteiger partial charge in [-0.05, 0) is 24.6 Å². The summed E-state index contributed by atoms with van der Waals surface area (Å²) >= 11 is 5.60. The summed E-state index contributed by atoms with van der Waals surface area (Å²) in [4.78, 5) is 0. The van der Waals surface area contributed by atoms with Gasteiger partial charge in [-0.1, -0.05) is 17.7 Å². The van der Waals surface area contributed by atoms with E-state index in [9.17, 15) is 4.39 Å². The van der Waals surface area contributed by atoms with E-state index in [1.54, 1.807) is 10.7 Å². The largest absolute Gasteiger partial charge is 0.382 e. The molecule has 0 radical (unpaired) electrons. The molecule has 0 atom stereocenters. The predicted octanol–water partition coefficient (Wildman–Crippen LogP) is 2.61. The fraction of sp³-hybridized carbons (Fsp3) is 0.182. The van der Waals surface area contributed by atoms with Crippen molar-refractivity contribution in [1.82, 2.24) is 9.78 Å². The van der Waals surface area contributed by atoms with E-state index in [0.717, 1.165) is 11.1 Å². The highest BCUT2D eigenvalue weighted by atomic mass is 35.5. The maximum Gasteiger partial charge on any atom is 0.148 e. The molecule has 84 valence electrons. The van der Waals surface area contributed by atoms with Crippen LogP contribution in [-0.2, 0) is 6.54 Å². The molecule has 0 aliphatic heterocycles. The number of rotatable bonds is 2. The van der Waals surface area contributed by atoms with E-state index < -0.39 is 5.82 Å². The third kappa shape index (κ3) is 2.17. The van der Waals surface area contributed by atoms with E-state index in [1.807, 2.05) is 13.1 Å². The zero-order valence-electron chi connectivity index (χ0n) is 8.74. The molecule has 0 amide bonds. The summed E-state index contributed by atoms with van der Waals surface area (Å²) in [6.45, 7) is 2.35.